The molecule has 0 spiro atoms. The summed E-state index contributed by atoms with van der Waals surface area (Å²) in [5, 5.41) is 11.6. The molecule has 0 fully saturated rings. The molecule has 2 aromatic heterocycles. The van der Waals surface area contributed by atoms with Gasteiger partial charge in [0.25, 0.3) is 0 Å². The molecule has 0 saturated carbocycles. The fourth-order valence-electron chi connectivity index (χ4n) is 3.67. The van der Waals surface area contributed by atoms with E-state index in [1.165, 1.54) is 22.9 Å². The molecule has 4 aromatic rings. The van der Waals surface area contributed by atoms with Gasteiger partial charge in [-0.1, -0.05) is 54.1 Å². The summed E-state index contributed by atoms with van der Waals surface area (Å²) in [6, 6.07) is 19.3. The SMILES string of the molecule is Cc1cccc(CNc2ncnc3[nH]c(-c4ccc(CCCCC=N)cc4)cc23)c1. The molecule has 30 heavy (non-hydrogen) atoms. The third-order valence-electron chi connectivity index (χ3n) is 5.30. The highest BCUT2D eigenvalue weighted by Crippen LogP contribution is 2.27. The number of hydrogen-bond acceptors (Lipinski definition) is 4. The van der Waals surface area contributed by atoms with Crippen molar-refractivity contribution in [2.75, 3.05) is 5.32 Å². The lowest BCUT2D eigenvalue weighted by Crippen LogP contribution is -2.02. The van der Waals surface area contributed by atoms with Crippen LogP contribution < -0.4 is 5.32 Å². The van der Waals surface area contributed by atoms with Gasteiger partial charge in [-0.15, -0.1) is 0 Å². The number of unbranched alkanes of at least 4 members (excludes halogenated alkanes) is 2. The minimum absolute atomic E-state index is 0.723. The van der Waals surface area contributed by atoms with Crippen molar-refractivity contribution < 1.29 is 0 Å². The number of benzene rings is 2. The second kappa shape index (κ2) is 9.35. The smallest absolute Gasteiger partial charge is 0.143 e. The van der Waals surface area contributed by atoms with E-state index >= 15 is 0 Å². The molecule has 2 aromatic carbocycles. The van der Waals surface area contributed by atoms with Gasteiger partial charge in [-0.3, -0.25) is 0 Å². The van der Waals surface area contributed by atoms with Gasteiger partial charge >= 0.3 is 0 Å². The molecule has 0 atom stereocenters. The summed E-state index contributed by atoms with van der Waals surface area (Å²) in [4.78, 5) is 12.3. The number of nitrogens with one attached hydrogen (secondary N) is 3. The lowest BCUT2D eigenvalue weighted by Gasteiger charge is -2.07. The van der Waals surface area contributed by atoms with Crippen LogP contribution in [0.25, 0.3) is 22.3 Å². The lowest BCUT2D eigenvalue weighted by molar-refractivity contribution is 0.765. The van der Waals surface area contributed by atoms with Gasteiger partial charge in [0.15, 0.2) is 0 Å². The minimum Gasteiger partial charge on any atom is -0.365 e. The van der Waals surface area contributed by atoms with Crippen molar-refractivity contribution in [2.45, 2.75) is 39.2 Å². The number of hydrogen-bond donors (Lipinski definition) is 3. The van der Waals surface area contributed by atoms with Gasteiger partial charge in [0.05, 0.1) is 5.39 Å². The molecule has 5 heteroatoms. The van der Waals surface area contributed by atoms with Crippen LogP contribution in [0, 0.1) is 12.3 Å². The van der Waals surface area contributed by atoms with Crippen LogP contribution in [0.4, 0.5) is 5.82 Å². The summed E-state index contributed by atoms with van der Waals surface area (Å²) >= 11 is 0. The molecule has 0 aliphatic carbocycles. The Morgan fingerprint density at radius 3 is 2.67 bits per heavy atom. The number of aryl methyl sites for hydroxylation is 2. The Balaban J connectivity index is 1.49. The number of fused-ring (bicyclic) bond motifs is 1. The van der Waals surface area contributed by atoms with E-state index in [4.69, 9.17) is 5.41 Å². The van der Waals surface area contributed by atoms with Crippen molar-refractivity contribution >= 4 is 23.1 Å². The van der Waals surface area contributed by atoms with E-state index in [-0.39, 0.29) is 0 Å². The first-order chi connectivity index (χ1) is 14.7. The third kappa shape index (κ3) is 4.74. The van der Waals surface area contributed by atoms with Gasteiger partial charge in [-0.2, -0.15) is 0 Å². The zero-order chi connectivity index (χ0) is 20.8. The summed E-state index contributed by atoms with van der Waals surface area (Å²) in [5.74, 6) is 0.840. The average molecular weight is 398 g/mol. The monoisotopic (exact) mass is 397 g/mol. The van der Waals surface area contributed by atoms with E-state index in [1.54, 1.807) is 6.33 Å². The summed E-state index contributed by atoms with van der Waals surface area (Å²) in [7, 11) is 0. The Morgan fingerprint density at radius 1 is 1.00 bits per heavy atom. The van der Waals surface area contributed by atoms with E-state index in [2.05, 4.69) is 81.8 Å². The van der Waals surface area contributed by atoms with Crippen molar-refractivity contribution in [3.63, 3.8) is 0 Å². The van der Waals surface area contributed by atoms with E-state index in [0.717, 1.165) is 60.3 Å². The number of anilines is 1. The van der Waals surface area contributed by atoms with Crippen LogP contribution in [0.2, 0.25) is 0 Å². The number of rotatable bonds is 9. The topological polar surface area (TPSA) is 77.5 Å². The second-order valence-electron chi connectivity index (χ2n) is 7.66. The zero-order valence-corrected chi connectivity index (χ0v) is 17.3. The Bertz CT molecular complexity index is 1130. The molecule has 4 rings (SSSR count). The second-order valence-corrected chi connectivity index (χ2v) is 7.66. The highest BCUT2D eigenvalue weighted by molar-refractivity contribution is 5.91. The molecular formula is C25H27N5. The maximum atomic E-state index is 7.11. The van der Waals surface area contributed by atoms with Gasteiger partial charge in [0.2, 0.25) is 0 Å². The van der Waals surface area contributed by atoms with Gasteiger partial charge in [0.1, 0.15) is 17.8 Å². The first kappa shape index (κ1) is 19.8. The average Bonchev–Trinajstić information content (AvgIpc) is 3.21. The largest absolute Gasteiger partial charge is 0.365 e. The number of aromatic amines is 1. The maximum Gasteiger partial charge on any atom is 0.143 e. The minimum atomic E-state index is 0.723. The van der Waals surface area contributed by atoms with E-state index in [9.17, 15) is 0 Å². The highest BCUT2D eigenvalue weighted by atomic mass is 15.0. The molecule has 2 heterocycles. The molecule has 3 N–H and O–H groups in total. The lowest BCUT2D eigenvalue weighted by atomic mass is 10.0. The van der Waals surface area contributed by atoms with Crippen LogP contribution in [-0.2, 0) is 13.0 Å². The molecule has 0 amide bonds. The van der Waals surface area contributed by atoms with Crippen molar-refractivity contribution in [3.8, 4) is 11.3 Å². The van der Waals surface area contributed by atoms with Crippen LogP contribution in [-0.4, -0.2) is 21.2 Å². The first-order valence-corrected chi connectivity index (χ1v) is 10.4. The van der Waals surface area contributed by atoms with Crippen LogP contribution in [0.3, 0.4) is 0 Å². The summed E-state index contributed by atoms with van der Waals surface area (Å²) in [5.41, 5.74) is 6.83. The first-order valence-electron chi connectivity index (χ1n) is 10.4. The van der Waals surface area contributed by atoms with Crippen molar-refractivity contribution in [2.24, 2.45) is 0 Å². The molecule has 0 aliphatic heterocycles. The Kier molecular flexibility index (Phi) is 6.18. The van der Waals surface area contributed by atoms with Crippen LogP contribution in [0.1, 0.15) is 36.0 Å². The quantitative estimate of drug-likeness (QED) is 0.243. The summed E-state index contributed by atoms with van der Waals surface area (Å²) in [6.07, 6.45) is 7.20. The van der Waals surface area contributed by atoms with Crippen molar-refractivity contribution in [3.05, 3.63) is 77.6 Å². The predicted octanol–water partition coefficient (Wildman–Crippen LogP) is 5.91. The fourth-order valence-corrected chi connectivity index (χ4v) is 3.67. The molecule has 152 valence electrons. The Labute approximate surface area is 177 Å². The Morgan fingerprint density at radius 2 is 1.87 bits per heavy atom. The van der Waals surface area contributed by atoms with Crippen molar-refractivity contribution in [1.29, 1.82) is 5.41 Å². The van der Waals surface area contributed by atoms with Gasteiger partial charge in [0, 0.05) is 12.2 Å². The van der Waals surface area contributed by atoms with E-state index in [1.807, 2.05) is 0 Å². The predicted molar refractivity (Wildman–Crippen MR) is 124 cm³/mol. The molecule has 0 radical (unpaired) electrons. The standard InChI is InChI=1S/C25H27N5/c1-18-6-5-8-20(14-18)16-27-24-22-15-23(30-25(22)29-17-28-24)21-11-9-19(10-12-21)7-3-2-4-13-26/h5-6,8-15,17,26H,2-4,7,16H2,1H3,(H2,27,28,29,30). The molecule has 0 bridgehead atoms. The zero-order valence-electron chi connectivity index (χ0n) is 17.3. The van der Waals surface area contributed by atoms with Crippen molar-refractivity contribution in [1.82, 2.24) is 15.0 Å². The molecular weight excluding hydrogens is 370 g/mol. The Hall–Kier alpha value is -3.47. The third-order valence-corrected chi connectivity index (χ3v) is 5.30. The molecule has 0 unspecified atom stereocenters. The van der Waals surface area contributed by atoms with Gasteiger partial charge < -0.3 is 15.7 Å². The number of aromatic nitrogens is 3. The van der Waals surface area contributed by atoms with Crippen LogP contribution >= 0.6 is 0 Å². The van der Waals surface area contributed by atoms with E-state index < -0.39 is 0 Å². The van der Waals surface area contributed by atoms with Gasteiger partial charge in [-0.05, 0) is 61.6 Å². The van der Waals surface area contributed by atoms with Gasteiger partial charge in [-0.25, -0.2) is 9.97 Å². The maximum absolute atomic E-state index is 7.11. The molecule has 0 saturated heterocycles. The summed E-state index contributed by atoms with van der Waals surface area (Å²) < 4.78 is 0. The summed E-state index contributed by atoms with van der Waals surface area (Å²) in [6.45, 7) is 2.83. The number of H-pyrrole nitrogens is 1. The van der Waals surface area contributed by atoms with Crippen LogP contribution in [0.15, 0.2) is 60.9 Å². The number of nitrogens with zero attached hydrogens (tertiary/aromatic N) is 2. The normalized spacial score (nSPS) is 11.0. The van der Waals surface area contributed by atoms with Crippen LogP contribution in [0.5, 0.6) is 0 Å². The molecule has 0 aliphatic rings. The fraction of sp³-hybridized carbons (Fsp3) is 0.240. The highest BCUT2D eigenvalue weighted by Gasteiger charge is 2.09. The molecule has 5 nitrogen and oxygen atoms in total. The van der Waals surface area contributed by atoms with E-state index in [0.29, 0.717) is 0 Å².